The van der Waals surface area contributed by atoms with E-state index >= 15 is 0 Å². The number of thioether (sulfide) groups is 1. The molecule has 1 amide bonds. The Morgan fingerprint density at radius 3 is 3.00 bits per heavy atom. The minimum Gasteiger partial charge on any atom is -0.337 e. The fourth-order valence-corrected chi connectivity index (χ4v) is 3.45. The molecule has 1 aromatic rings. The van der Waals surface area contributed by atoms with Gasteiger partial charge in [-0.25, -0.2) is 0 Å². The minimum atomic E-state index is -0.516. The molecule has 21 heavy (non-hydrogen) atoms. The van der Waals surface area contributed by atoms with Crippen LogP contribution < -0.4 is 11.3 Å². The van der Waals surface area contributed by atoms with Gasteiger partial charge in [0, 0.05) is 36.2 Å². The van der Waals surface area contributed by atoms with Crippen LogP contribution in [0, 0.1) is 10.1 Å². The highest BCUT2D eigenvalue weighted by atomic mass is 32.2. The van der Waals surface area contributed by atoms with E-state index in [-0.39, 0.29) is 17.2 Å². The number of nitrogen functional groups attached to an aromatic ring is 1. The van der Waals surface area contributed by atoms with Gasteiger partial charge in [0.2, 0.25) is 0 Å². The van der Waals surface area contributed by atoms with Crippen molar-refractivity contribution in [3.63, 3.8) is 0 Å². The Kier molecular flexibility index (Phi) is 5.03. The molecular weight excluding hydrogens is 292 g/mol. The van der Waals surface area contributed by atoms with Gasteiger partial charge in [-0.1, -0.05) is 6.92 Å². The van der Waals surface area contributed by atoms with Crippen LogP contribution in [-0.2, 0) is 0 Å². The summed E-state index contributed by atoms with van der Waals surface area (Å²) >= 11 is 1.86. The molecule has 1 atom stereocenters. The molecule has 0 radical (unpaired) electrons. The van der Waals surface area contributed by atoms with Crippen LogP contribution in [0.2, 0.25) is 0 Å². The topological polar surface area (TPSA) is 102 Å². The van der Waals surface area contributed by atoms with E-state index in [0.29, 0.717) is 24.0 Å². The van der Waals surface area contributed by atoms with Gasteiger partial charge in [0.1, 0.15) is 0 Å². The number of carbonyl (C=O) groups is 1. The fourth-order valence-electron chi connectivity index (χ4n) is 2.27. The number of hydrazine groups is 1. The van der Waals surface area contributed by atoms with Crippen LogP contribution in [0.1, 0.15) is 23.7 Å². The first-order valence-electron chi connectivity index (χ1n) is 6.72. The predicted octanol–water partition coefficient (Wildman–Crippen LogP) is 1.85. The summed E-state index contributed by atoms with van der Waals surface area (Å²) in [5.41, 5.74) is 2.96. The Labute approximate surface area is 127 Å². The molecule has 1 saturated heterocycles. The van der Waals surface area contributed by atoms with Gasteiger partial charge in [-0.15, -0.1) is 0 Å². The SMILES string of the molecule is CCC1CN(C(=O)c2cc([N+](=O)[O-])ccc2NN)CCS1. The molecule has 1 aliphatic heterocycles. The molecule has 1 fully saturated rings. The second kappa shape index (κ2) is 6.77. The lowest BCUT2D eigenvalue weighted by atomic mass is 10.1. The van der Waals surface area contributed by atoms with Crippen molar-refractivity contribution in [2.24, 2.45) is 5.84 Å². The van der Waals surface area contributed by atoms with Crippen LogP contribution in [0.5, 0.6) is 0 Å². The summed E-state index contributed by atoms with van der Waals surface area (Å²) in [6, 6.07) is 4.06. The van der Waals surface area contributed by atoms with Crippen molar-refractivity contribution in [2.75, 3.05) is 24.3 Å². The normalized spacial score (nSPS) is 18.4. The largest absolute Gasteiger partial charge is 0.337 e. The van der Waals surface area contributed by atoms with Crippen LogP contribution in [0.4, 0.5) is 11.4 Å². The molecule has 0 saturated carbocycles. The quantitative estimate of drug-likeness (QED) is 0.500. The zero-order chi connectivity index (χ0) is 15.4. The van der Waals surface area contributed by atoms with Crippen LogP contribution in [0.25, 0.3) is 0 Å². The number of hydrogen-bond acceptors (Lipinski definition) is 6. The number of hydrogen-bond donors (Lipinski definition) is 2. The fraction of sp³-hybridized carbons (Fsp3) is 0.462. The summed E-state index contributed by atoms with van der Waals surface area (Å²) in [5, 5.41) is 11.3. The van der Waals surface area contributed by atoms with E-state index in [4.69, 9.17) is 5.84 Å². The summed E-state index contributed by atoms with van der Waals surface area (Å²) in [6.07, 6.45) is 0.991. The lowest BCUT2D eigenvalue weighted by Crippen LogP contribution is -2.42. The van der Waals surface area contributed by atoms with Gasteiger partial charge in [-0.2, -0.15) is 11.8 Å². The summed E-state index contributed by atoms with van der Waals surface area (Å²) in [4.78, 5) is 24.7. The molecule has 3 N–H and O–H groups in total. The van der Waals surface area contributed by atoms with E-state index in [9.17, 15) is 14.9 Å². The number of rotatable bonds is 4. The third-order valence-electron chi connectivity index (χ3n) is 3.48. The number of non-ortho nitro benzene ring substituents is 1. The van der Waals surface area contributed by atoms with Crippen LogP contribution in [0.15, 0.2) is 18.2 Å². The first-order valence-corrected chi connectivity index (χ1v) is 7.77. The molecule has 2 rings (SSSR count). The number of carbonyl (C=O) groups excluding carboxylic acids is 1. The molecule has 0 aromatic heterocycles. The van der Waals surface area contributed by atoms with Crippen molar-refractivity contribution in [3.8, 4) is 0 Å². The highest BCUT2D eigenvalue weighted by Gasteiger charge is 2.26. The van der Waals surface area contributed by atoms with Gasteiger partial charge in [0.15, 0.2) is 0 Å². The van der Waals surface area contributed by atoms with Gasteiger partial charge in [-0.05, 0) is 12.5 Å². The van der Waals surface area contributed by atoms with E-state index in [1.807, 2.05) is 11.8 Å². The van der Waals surface area contributed by atoms with Crippen LogP contribution >= 0.6 is 11.8 Å². The minimum absolute atomic E-state index is 0.115. The molecule has 1 heterocycles. The highest BCUT2D eigenvalue weighted by Crippen LogP contribution is 2.26. The predicted molar refractivity (Wildman–Crippen MR) is 83.3 cm³/mol. The summed E-state index contributed by atoms with van der Waals surface area (Å²) in [7, 11) is 0. The highest BCUT2D eigenvalue weighted by molar-refractivity contribution is 8.00. The number of anilines is 1. The zero-order valence-corrected chi connectivity index (χ0v) is 12.6. The Morgan fingerprint density at radius 2 is 2.38 bits per heavy atom. The number of benzene rings is 1. The Bertz CT molecular complexity index is 552. The number of nitrogens with two attached hydrogens (primary N) is 1. The molecule has 1 aliphatic rings. The van der Waals surface area contributed by atoms with Gasteiger partial charge in [0.25, 0.3) is 11.6 Å². The maximum absolute atomic E-state index is 12.6. The van der Waals surface area contributed by atoms with Crippen molar-refractivity contribution >= 4 is 29.0 Å². The monoisotopic (exact) mass is 310 g/mol. The van der Waals surface area contributed by atoms with E-state index in [0.717, 1.165) is 12.2 Å². The lowest BCUT2D eigenvalue weighted by molar-refractivity contribution is -0.384. The maximum Gasteiger partial charge on any atom is 0.270 e. The van der Waals surface area contributed by atoms with Crippen molar-refractivity contribution in [2.45, 2.75) is 18.6 Å². The first-order chi connectivity index (χ1) is 10.1. The number of nitrogens with one attached hydrogen (secondary N) is 1. The molecular formula is C13H18N4O3S. The summed E-state index contributed by atoms with van der Waals surface area (Å²) in [6.45, 7) is 3.39. The lowest BCUT2D eigenvalue weighted by Gasteiger charge is -2.32. The Balaban J connectivity index is 2.28. The van der Waals surface area contributed by atoms with E-state index in [1.165, 1.54) is 18.2 Å². The van der Waals surface area contributed by atoms with Gasteiger partial charge >= 0.3 is 0 Å². The Hall–Kier alpha value is -1.80. The smallest absolute Gasteiger partial charge is 0.270 e. The molecule has 8 heteroatoms. The van der Waals surface area contributed by atoms with Gasteiger partial charge < -0.3 is 10.3 Å². The molecule has 0 spiro atoms. The van der Waals surface area contributed by atoms with Crippen molar-refractivity contribution < 1.29 is 9.72 Å². The molecule has 0 bridgehead atoms. The average Bonchev–Trinajstić information content (AvgIpc) is 2.53. The molecule has 0 aliphatic carbocycles. The zero-order valence-electron chi connectivity index (χ0n) is 11.7. The average molecular weight is 310 g/mol. The van der Waals surface area contributed by atoms with Crippen LogP contribution in [0.3, 0.4) is 0 Å². The van der Waals surface area contributed by atoms with E-state index in [2.05, 4.69) is 12.3 Å². The molecule has 114 valence electrons. The number of nitro benzene ring substituents is 1. The summed E-state index contributed by atoms with van der Waals surface area (Å²) < 4.78 is 0. The number of amides is 1. The molecule has 7 nitrogen and oxygen atoms in total. The van der Waals surface area contributed by atoms with Crippen molar-refractivity contribution in [1.29, 1.82) is 0 Å². The molecule has 1 aromatic carbocycles. The maximum atomic E-state index is 12.6. The van der Waals surface area contributed by atoms with E-state index in [1.54, 1.807) is 4.90 Å². The van der Waals surface area contributed by atoms with Gasteiger partial charge in [-0.3, -0.25) is 20.8 Å². The second-order valence-electron chi connectivity index (χ2n) is 4.78. The van der Waals surface area contributed by atoms with E-state index < -0.39 is 4.92 Å². The van der Waals surface area contributed by atoms with Crippen LogP contribution in [-0.4, -0.2) is 39.8 Å². The summed E-state index contributed by atoms with van der Waals surface area (Å²) in [5.74, 6) is 6.07. The second-order valence-corrected chi connectivity index (χ2v) is 6.19. The standard InChI is InChI=1S/C13H18N4O3S/c1-2-10-8-16(5-6-21-10)13(18)11-7-9(17(19)20)3-4-12(11)15-14/h3-4,7,10,15H,2,5-6,8,14H2,1H3. The van der Waals surface area contributed by atoms with Crippen molar-refractivity contribution in [1.82, 2.24) is 4.90 Å². The molecule has 1 unspecified atom stereocenters. The van der Waals surface area contributed by atoms with Crippen molar-refractivity contribution in [3.05, 3.63) is 33.9 Å². The third kappa shape index (κ3) is 3.45. The van der Waals surface area contributed by atoms with Gasteiger partial charge in [0.05, 0.1) is 16.2 Å². The Morgan fingerprint density at radius 1 is 1.62 bits per heavy atom. The third-order valence-corrected chi connectivity index (χ3v) is 4.85. The first kappa shape index (κ1) is 15.6. The number of nitro groups is 1. The number of nitrogens with zero attached hydrogens (tertiary/aromatic N) is 2.